The molecule has 0 bridgehead atoms. The van der Waals surface area contributed by atoms with E-state index < -0.39 is 0 Å². The number of halogens is 1. The Hall–Kier alpha value is -0.490. The summed E-state index contributed by atoms with van der Waals surface area (Å²) in [6.07, 6.45) is 24.1. The monoisotopic (exact) mass is 406 g/mol. The van der Waals surface area contributed by atoms with Crippen LogP contribution < -0.4 is 0 Å². The van der Waals surface area contributed by atoms with E-state index in [1.165, 1.54) is 120 Å². The third-order valence-electron chi connectivity index (χ3n) is 5.96. The summed E-state index contributed by atoms with van der Waals surface area (Å²) >= 11 is 6.36. The van der Waals surface area contributed by atoms with E-state index >= 15 is 0 Å². The molecule has 0 saturated heterocycles. The van der Waals surface area contributed by atoms with E-state index in [2.05, 4.69) is 45.0 Å². The molecule has 0 atom stereocenters. The number of aryl methyl sites for hydroxylation is 1. The first-order valence-corrected chi connectivity index (χ1v) is 12.7. The van der Waals surface area contributed by atoms with E-state index in [4.69, 9.17) is 11.6 Å². The lowest BCUT2D eigenvalue weighted by molar-refractivity contribution is 0.529. The van der Waals surface area contributed by atoms with Crippen LogP contribution >= 0.6 is 11.6 Å². The highest BCUT2D eigenvalue weighted by Gasteiger charge is 2.15. The Morgan fingerprint density at radius 1 is 0.571 bits per heavy atom. The van der Waals surface area contributed by atoms with Crippen LogP contribution in [0.15, 0.2) is 24.3 Å². The maximum atomic E-state index is 6.36. The van der Waals surface area contributed by atoms with Crippen LogP contribution in [0.3, 0.4) is 0 Å². The first-order chi connectivity index (χ1) is 13.5. The van der Waals surface area contributed by atoms with Gasteiger partial charge >= 0.3 is 0 Å². The molecule has 162 valence electrons. The number of rotatable bonds is 18. The molecule has 1 rings (SSSR count). The molecule has 0 aliphatic heterocycles. The summed E-state index contributed by atoms with van der Waals surface area (Å²) in [6.45, 7) is 6.40. The van der Waals surface area contributed by atoms with E-state index in [-0.39, 0.29) is 4.87 Å². The third kappa shape index (κ3) is 13.6. The minimum absolute atomic E-state index is 0.257. The van der Waals surface area contributed by atoms with Gasteiger partial charge in [0.2, 0.25) is 0 Å². The van der Waals surface area contributed by atoms with Gasteiger partial charge in [-0.05, 0) is 37.8 Å². The summed E-state index contributed by atoms with van der Waals surface area (Å²) in [5, 5.41) is 0. The van der Waals surface area contributed by atoms with Crippen molar-refractivity contribution >= 4 is 11.6 Å². The van der Waals surface area contributed by atoms with E-state index in [1.54, 1.807) is 0 Å². The van der Waals surface area contributed by atoms with Crippen molar-refractivity contribution < 1.29 is 0 Å². The minimum Gasteiger partial charge on any atom is -0.115 e. The molecule has 1 aromatic rings. The summed E-state index contributed by atoms with van der Waals surface area (Å²) in [6, 6.07) is 8.89. The highest BCUT2D eigenvalue weighted by atomic mass is 35.5. The van der Waals surface area contributed by atoms with Crippen LogP contribution in [0, 0.1) is 0 Å². The first-order valence-electron chi connectivity index (χ1n) is 12.3. The number of hydrogen-bond acceptors (Lipinski definition) is 0. The smallest absolute Gasteiger partial charge is 0.0638 e. The normalized spacial score (nSPS) is 11.9. The largest absolute Gasteiger partial charge is 0.115 e. The van der Waals surface area contributed by atoms with Gasteiger partial charge in [0.15, 0.2) is 0 Å². The Morgan fingerprint density at radius 2 is 0.929 bits per heavy atom. The number of benzene rings is 1. The maximum absolute atomic E-state index is 6.36. The molecule has 0 saturated carbocycles. The molecule has 0 amide bonds. The van der Waals surface area contributed by atoms with E-state index in [1.807, 2.05) is 0 Å². The fraction of sp³-hybridized carbons (Fsp3) is 0.778. The molecule has 0 N–H and O–H groups in total. The zero-order chi connectivity index (χ0) is 20.5. The summed E-state index contributed by atoms with van der Waals surface area (Å²) < 4.78 is 0. The average Bonchev–Trinajstić information content (AvgIpc) is 2.67. The third-order valence-corrected chi connectivity index (χ3v) is 6.18. The topological polar surface area (TPSA) is 0 Å². The van der Waals surface area contributed by atoms with Crippen LogP contribution in [-0.4, -0.2) is 0 Å². The number of hydrogen-bond donors (Lipinski definition) is 0. The van der Waals surface area contributed by atoms with E-state index in [0.717, 1.165) is 0 Å². The second-order valence-electron chi connectivity index (χ2n) is 9.22. The van der Waals surface area contributed by atoms with Gasteiger partial charge in [-0.3, -0.25) is 0 Å². The Labute approximate surface area is 181 Å². The summed E-state index contributed by atoms with van der Waals surface area (Å²) in [7, 11) is 0. The van der Waals surface area contributed by atoms with Crippen molar-refractivity contribution in [2.45, 2.75) is 135 Å². The van der Waals surface area contributed by atoms with Crippen LogP contribution in [-0.2, 0) is 11.3 Å². The molecule has 1 heteroatoms. The lowest BCUT2D eigenvalue weighted by Crippen LogP contribution is -2.06. The Morgan fingerprint density at radius 3 is 1.29 bits per heavy atom. The zero-order valence-electron chi connectivity index (χ0n) is 19.2. The van der Waals surface area contributed by atoms with Gasteiger partial charge in [0.05, 0.1) is 4.87 Å². The highest BCUT2D eigenvalue weighted by molar-refractivity contribution is 6.23. The summed E-state index contributed by atoms with van der Waals surface area (Å²) in [5.74, 6) is 0. The van der Waals surface area contributed by atoms with Gasteiger partial charge in [0.25, 0.3) is 0 Å². The predicted molar refractivity (Wildman–Crippen MR) is 129 cm³/mol. The van der Waals surface area contributed by atoms with Crippen molar-refractivity contribution in [2.24, 2.45) is 0 Å². The molecule has 1 aromatic carbocycles. The van der Waals surface area contributed by atoms with Crippen molar-refractivity contribution in [1.29, 1.82) is 0 Å². The van der Waals surface area contributed by atoms with Gasteiger partial charge in [-0.1, -0.05) is 128 Å². The second kappa shape index (κ2) is 16.3. The van der Waals surface area contributed by atoms with Crippen molar-refractivity contribution in [3.8, 4) is 0 Å². The average molecular weight is 407 g/mol. The maximum Gasteiger partial charge on any atom is 0.0638 e. The van der Waals surface area contributed by atoms with Gasteiger partial charge in [-0.15, -0.1) is 11.6 Å². The lowest BCUT2D eigenvalue weighted by Gasteiger charge is -2.16. The molecule has 28 heavy (non-hydrogen) atoms. The molecule has 0 aliphatic rings. The van der Waals surface area contributed by atoms with Crippen LogP contribution in [0.25, 0.3) is 0 Å². The Kier molecular flexibility index (Phi) is 14.9. The SMILES string of the molecule is CCCCCCCCCCCCCCCCCCc1ccc(C(C)(C)Cl)cc1. The van der Waals surface area contributed by atoms with Crippen molar-refractivity contribution in [3.63, 3.8) is 0 Å². The molecule has 0 unspecified atom stereocenters. The van der Waals surface area contributed by atoms with Crippen molar-refractivity contribution in [1.82, 2.24) is 0 Å². The molecular weight excluding hydrogens is 360 g/mol. The quantitative estimate of drug-likeness (QED) is 0.168. The first kappa shape index (κ1) is 25.5. The molecule has 0 spiro atoms. The van der Waals surface area contributed by atoms with Gasteiger partial charge in [0, 0.05) is 0 Å². The molecular formula is C27H47Cl. The van der Waals surface area contributed by atoms with Gasteiger partial charge < -0.3 is 0 Å². The van der Waals surface area contributed by atoms with E-state index in [9.17, 15) is 0 Å². The fourth-order valence-electron chi connectivity index (χ4n) is 3.94. The van der Waals surface area contributed by atoms with Crippen LogP contribution in [0.4, 0.5) is 0 Å². The molecule has 0 aromatic heterocycles. The number of unbranched alkanes of at least 4 members (excludes halogenated alkanes) is 15. The molecule has 0 radical (unpaired) electrons. The lowest BCUT2D eigenvalue weighted by atomic mass is 9.98. The Bertz CT molecular complexity index is 454. The van der Waals surface area contributed by atoms with Crippen LogP contribution in [0.2, 0.25) is 0 Å². The Balaban J connectivity index is 1.84. The molecule has 0 aliphatic carbocycles. The van der Waals surface area contributed by atoms with Crippen LogP contribution in [0.5, 0.6) is 0 Å². The highest BCUT2D eigenvalue weighted by Crippen LogP contribution is 2.27. The predicted octanol–water partition coefficient (Wildman–Crippen LogP) is 9.96. The fourth-order valence-corrected chi connectivity index (χ4v) is 4.07. The standard InChI is InChI=1S/C27H47Cl/c1-4-5-6-7-8-9-10-11-12-13-14-15-16-17-18-19-20-25-21-23-26(24-22-25)27(2,3)28/h21-24H,4-20H2,1-3H3. The zero-order valence-corrected chi connectivity index (χ0v) is 20.0. The van der Waals surface area contributed by atoms with Crippen molar-refractivity contribution in [2.75, 3.05) is 0 Å². The summed E-state index contributed by atoms with van der Waals surface area (Å²) in [4.78, 5) is -0.257. The second-order valence-corrected chi connectivity index (χ2v) is 10.2. The number of alkyl halides is 1. The van der Waals surface area contributed by atoms with Crippen LogP contribution in [0.1, 0.15) is 135 Å². The molecule has 0 nitrogen and oxygen atoms in total. The van der Waals surface area contributed by atoms with Gasteiger partial charge in [0.1, 0.15) is 0 Å². The van der Waals surface area contributed by atoms with Crippen molar-refractivity contribution in [3.05, 3.63) is 35.4 Å². The van der Waals surface area contributed by atoms with E-state index in [0.29, 0.717) is 0 Å². The molecule has 0 heterocycles. The molecule has 0 fully saturated rings. The van der Waals surface area contributed by atoms with Gasteiger partial charge in [-0.25, -0.2) is 0 Å². The minimum atomic E-state index is -0.257. The summed E-state index contributed by atoms with van der Waals surface area (Å²) in [5.41, 5.74) is 2.67. The van der Waals surface area contributed by atoms with Gasteiger partial charge in [-0.2, -0.15) is 0 Å².